The van der Waals surface area contributed by atoms with Crippen LogP contribution in [0.5, 0.6) is 0 Å². The number of hydrogen-bond acceptors (Lipinski definition) is 7. The third-order valence-corrected chi connectivity index (χ3v) is 4.76. The Morgan fingerprint density at radius 2 is 2.07 bits per heavy atom. The Balaban J connectivity index is 2.11. The maximum atomic E-state index is 14.2. The fraction of sp³-hybridized carbons (Fsp3) is 0.471. The normalized spacial score (nSPS) is 14.7. The Kier molecular flexibility index (Phi) is 5.24. The van der Waals surface area contributed by atoms with Gasteiger partial charge in [0, 0.05) is 12.0 Å². The summed E-state index contributed by atoms with van der Waals surface area (Å²) in [4.78, 5) is 33.7. The number of aryl methyl sites for hydroxylation is 1. The van der Waals surface area contributed by atoms with Crippen LogP contribution in [0.1, 0.15) is 44.8 Å². The molecule has 0 bridgehead atoms. The van der Waals surface area contributed by atoms with Gasteiger partial charge in [-0.15, -0.1) is 5.10 Å². The quantitative estimate of drug-likeness (QED) is 0.607. The Morgan fingerprint density at radius 3 is 2.68 bits per heavy atom. The van der Waals surface area contributed by atoms with E-state index in [-0.39, 0.29) is 24.8 Å². The van der Waals surface area contributed by atoms with Gasteiger partial charge in [-0.2, -0.15) is 4.68 Å². The molecule has 11 heteroatoms. The van der Waals surface area contributed by atoms with Crippen molar-refractivity contribution in [3.63, 3.8) is 0 Å². The summed E-state index contributed by atoms with van der Waals surface area (Å²) >= 11 is 5.73. The molecule has 1 aliphatic heterocycles. The third kappa shape index (κ3) is 3.28. The Hall–Kier alpha value is -2.75. The molecule has 0 fully saturated rings. The van der Waals surface area contributed by atoms with Gasteiger partial charge in [-0.3, -0.25) is 4.79 Å². The molecule has 0 spiro atoms. The minimum absolute atomic E-state index is 0.0726. The average Bonchev–Trinajstić information content (AvgIpc) is 3.13. The topological polar surface area (TPSA) is 102 Å². The first kappa shape index (κ1) is 20.0. The van der Waals surface area contributed by atoms with E-state index in [2.05, 4.69) is 20.4 Å². The molecule has 2 aromatic heterocycles. The highest BCUT2D eigenvalue weighted by Crippen LogP contribution is 2.43. The molecule has 3 heterocycles. The third-order valence-electron chi connectivity index (χ3n) is 4.55. The van der Waals surface area contributed by atoms with E-state index in [1.54, 1.807) is 20.8 Å². The number of nitrogens with one attached hydrogen (secondary N) is 1. The second-order valence-electron chi connectivity index (χ2n) is 6.65. The number of ether oxygens (including phenoxy) is 1. The molecule has 28 heavy (non-hydrogen) atoms. The van der Waals surface area contributed by atoms with E-state index in [0.717, 1.165) is 10.9 Å². The molecule has 0 aliphatic carbocycles. The molecule has 9 nitrogen and oxygen atoms in total. The highest BCUT2D eigenvalue weighted by atomic mass is 35.5. The Morgan fingerprint density at radius 1 is 1.36 bits per heavy atom. The maximum Gasteiger partial charge on any atom is 0.435 e. The van der Waals surface area contributed by atoms with Crippen molar-refractivity contribution in [1.82, 2.24) is 24.6 Å². The van der Waals surface area contributed by atoms with Crippen LogP contribution in [0.25, 0.3) is 0 Å². The number of amides is 1. The van der Waals surface area contributed by atoms with Gasteiger partial charge in [0.2, 0.25) is 0 Å². The van der Waals surface area contributed by atoms with E-state index in [0.29, 0.717) is 23.5 Å². The van der Waals surface area contributed by atoms with Crippen LogP contribution in [0.15, 0.2) is 6.20 Å². The lowest BCUT2D eigenvalue weighted by molar-refractivity contribution is 0.138. The van der Waals surface area contributed by atoms with Crippen LogP contribution >= 0.6 is 11.6 Å². The molecule has 0 saturated heterocycles. The number of anilines is 2. The zero-order valence-electron chi connectivity index (χ0n) is 15.9. The van der Waals surface area contributed by atoms with Crippen molar-refractivity contribution < 1.29 is 18.7 Å². The van der Waals surface area contributed by atoms with Gasteiger partial charge in [-0.25, -0.2) is 19.2 Å². The van der Waals surface area contributed by atoms with Crippen molar-refractivity contribution in [3.8, 4) is 0 Å². The van der Waals surface area contributed by atoms with Crippen molar-refractivity contribution in [3.05, 3.63) is 29.1 Å². The average molecular weight is 411 g/mol. The summed E-state index contributed by atoms with van der Waals surface area (Å²) in [5.41, 5.74) is 0.0443. The first-order valence-electron chi connectivity index (χ1n) is 8.75. The molecule has 0 aromatic carbocycles. The first-order chi connectivity index (χ1) is 13.2. The molecule has 1 amide bonds. The Bertz CT molecular complexity index is 945. The lowest BCUT2D eigenvalue weighted by atomic mass is 10.0. The van der Waals surface area contributed by atoms with Crippen LogP contribution in [0, 0.1) is 5.82 Å². The van der Waals surface area contributed by atoms with Crippen LogP contribution in [0.3, 0.4) is 0 Å². The van der Waals surface area contributed by atoms with Gasteiger partial charge in [0.15, 0.2) is 17.5 Å². The van der Waals surface area contributed by atoms with E-state index in [1.165, 1.54) is 4.90 Å². The van der Waals surface area contributed by atoms with Crippen molar-refractivity contribution in [2.45, 2.75) is 46.2 Å². The minimum atomic E-state index is -0.924. The summed E-state index contributed by atoms with van der Waals surface area (Å²) < 4.78 is 20.3. The van der Waals surface area contributed by atoms with Crippen LogP contribution in [0.2, 0.25) is 0 Å². The van der Waals surface area contributed by atoms with Crippen LogP contribution in [0.4, 0.5) is 25.6 Å². The SMILES string of the molecule is CCOC(=O)n1nc(Nc2nc(CC)ncc2F)c2c1C(C)(C)N(C(=O)Cl)C2. The van der Waals surface area contributed by atoms with E-state index in [1.807, 2.05) is 6.92 Å². The molecule has 1 N–H and O–H groups in total. The lowest BCUT2D eigenvalue weighted by Gasteiger charge is -2.30. The number of nitrogens with zero attached hydrogens (tertiary/aromatic N) is 5. The molecule has 1 aliphatic rings. The van der Waals surface area contributed by atoms with Crippen LogP contribution < -0.4 is 5.32 Å². The number of fused-ring (bicyclic) bond motifs is 1. The summed E-state index contributed by atoms with van der Waals surface area (Å²) in [6.07, 6.45) is 0.877. The number of rotatable bonds is 4. The van der Waals surface area contributed by atoms with E-state index in [4.69, 9.17) is 16.3 Å². The maximum absolute atomic E-state index is 14.2. The standard InChI is InChI=1S/C17H20ClFN6O3/c1-5-11-20-7-10(19)14(21-11)22-13-9-8-24(15(18)26)17(3,4)12(9)25(23-13)16(27)28-6-2/h7H,5-6,8H2,1-4H3,(H,20,21,22,23). The van der Waals surface area contributed by atoms with E-state index in [9.17, 15) is 14.0 Å². The zero-order chi connectivity index (χ0) is 20.6. The number of carbonyl (C=O) groups is 2. The fourth-order valence-electron chi connectivity index (χ4n) is 3.19. The molecule has 0 saturated carbocycles. The number of carbonyl (C=O) groups excluding carboxylic acids is 2. The summed E-state index contributed by atoms with van der Waals surface area (Å²) in [7, 11) is 0. The van der Waals surface area contributed by atoms with Gasteiger partial charge in [0.05, 0.1) is 30.6 Å². The fourth-order valence-corrected chi connectivity index (χ4v) is 3.46. The summed E-state index contributed by atoms with van der Waals surface area (Å²) in [6, 6.07) is 0. The summed E-state index contributed by atoms with van der Waals surface area (Å²) in [6.45, 7) is 7.23. The zero-order valence-corrected chi connectivity index (χ0v) is 16.7. The molecule has 0 radical (unpaired) electrons. The highest BCUT2D eigenvalue weighted by Gasteiger charge is 2.46. The van der Waals surface area contributed by atoms with Crippen molar-refractivity contribution in [1.29, 1.82) is 0 Å². The van der Waals surface area contributed by atoms with Crippen molar-refractivity contribution in [2.24, 2.45) is 0 Å². The number of halogens is 2. The van der Waals surface area contributed by atoms with Gasteiger partial charge < -0.3 is 15.0 Å². The number of hydrogen-bond donors (Lipinski definition) is 1. The highest BCUT2D eigenvalue weighted by molar-refractivity contribution is 6.62. The van der Waals surface area contributed by atoms with Gasteiger partial charge in [-0.1, -0.05) is 6.92 Å². The monoisotopic (exact) mass is 410 g/mol. The van der Waals surface area contributed by atoms with Gasteiger partial charge in [-0.05, 0) is 32.4 Å². The predicted octanol–water partition coefficient (Wildman–Crippen LogP) is 3.53. The second kappa shape index (κ2) is 7.34. The molecule has 2 aromatic rings. The smallest absolute Gasteiger partial charge is 0.435 e. The van der Waals surface area contributed by atoms with E-state index >= 15 is 0 Å². The summed E-state index contributed by atoms with van der Waals surface area (Å²) in [5.74, 6) is -0.102. The number of aromatic nitrogens is 4. The van der Waals surface area contributed by atoms with Gasteiger partial charge in [0.25, 0.3) is 0 Å². The van der Waals surface area contributed by atoms with Crippen molar-refractivity contribution in [2.75, 3.05) is 11.9 Å². The van der Waals surface area contributed by atoms with E-state index < -0.39 is 22.8 Å². The van der Waals surface area contributed by atoms with Crippen LogP contribution in [-0.4, -0.2) is 42.7 Å². The molecule has 0 atom stereocenters. The van der Waals surface area contributed by atoms with Crippen LogP contribution in [-0.2, 0) is 23.2 Å². The summed E-state index contributed by atoms with van der Waals surface area (Å²) in [5, 5.41) is 6.39. The lowest BCUT2D eigenvalue weighted by Crippen LogP contribution is -2.39. The molecule has 0 unspecified atom stereocenters. The first-order valence-corrected chi connectivity index (χ1v) is 9.13. The minimum Gasteiger partial charge on any atom is -0.448 e. The van der Waals surface area contributed by atoms with Gasteiger partial charge >= 0.3 is 11.5 Å². The predicted molar refractivity (Wildman–Crippen MR) is 99.1 cm³/mol. The second-order valence-corrected chi connectivity index (χ2v) is 6.97. The molecule has 150 valence electrons. The largest absolute Gasteiger partial charge is 0.448 e. The van der Waals surface area contributed by atoms with Crippen molar-refractivity contribution >= 4 is 34.7 Å². The molecular formula is C17H20ClFN6O3. The Labute approximate surface area is 165 Å². The molecular weight excluding hydrogens is 391 g/mol. The van der Waals surface area contributed by atoms with Gasteiger partial charge in [0.1, 0.15) is 5.82 Å². The molecule has 3 rings (SSSR count).